The van der Waals surface area contributed by atoms with Crippen molar-refractivity contribution in [1.29, 1.82) is 0 Å². The van der Waals surface area contributed by atoms with Gasteiger partial charge in [0.1, 0.15) is 5.15 Å². The molecule has 0 saturated carbocycles. The number of hydrogen-bond acceptors (Lipinski definition) is 3. The number of nitrogens with two attached hydrogens (primary N) is 2. The molecule has 6 heteroatoms. The number of nitrogens with zero attached hydrogens (tertiary/aromatic N) is 1. The number of nitrogen functional groups attached to an aromatic ring is 1. The van der Waals surface area contributed by atoms with Gasteiger partial charge in [-0.3, -0.25) is 0 Å². The molecule has 1 aromatic heterocycles. The summed E-state index contributed by atoms with van der Waals surface area (Å²) in [7, 11) is 0. The van der Waals surface area contributed by atoms with Gasteiger partial charge in [0.15, 0.2) is 0 Å². The Balaban J connectivity index is 3.27. The minimum atomic E-state index is -2.66. The van der Waals surface area contributed by atoms with E-state index in [-0.39, 0.29) is 28.5 Å². The molecule has 0 atom stereocenters. The summed E-state index contributed by atoms with van der Waals surface area (Å²) in [6.07, 6.45) is -1.70. The monoisotopic (exact) mass is 207 g/mol. The second kappa shape index (κ2) is 3.85. The Morgan fingerprint density at radius 1 is 1.54 bits per heavy atom. The first kappa shape index (κ1) is 10.1. The van der Waals surface area contributed by atoms with Gasteiger partial charge in [0, 0.05) is 24.0 Å². The molecule has 3 nitrogen and oxygen atoms in total. The van der Waals surface area contributed by atoms with Gasteiger partial charge in [-0.1, -0.05) is 11.6 Å². The summed E-state index contributed by atoms with van der Waals surface area (Å²) < 4.78 is 24.5. The van der Waals surface area contributed by atoms with E-state index < -0.39 is 6.43 Å². The lowest BCUT2D eigenvalue weighted by Crippen LogP contribution is -2.07. The maximum Gasteiger partial charge on any atom is 0.267 e. The van der Waals surface area contributed by atoms with Crippen molar-refractivity contribution < 1.29 is 8.78 Å². The molecule has 0 aromatic carbocycles. The van der Waals surface area contributed by atoms with Crippen LogP contribution in [0.2, 0.25) is 5.15 Å². The lowest BCUT2D eigenvalue weighted by Gasteiger charge is -2.09. The topological polar surface area (TPSA) is 64.9 Å². The Kier molecular flexibility index (Phi) is 3.00. The van der Waals surface area contributed by atoms with Crippen LogP contribution >= 0.6 is 11.6 Å². The molecular weight excluding hydrogens is 200 g/mol. The van der Waals surface area contributed by atoms with E-state index in [2.05, 4.69) is 4.98 Å². The van der Waals surface area contributed by atoms with Crippen LogP contribution in [0.15, 0.2) is 6.20 Å². The summed E-state index contributed by atoms with van der Waals surface area (Å²) in [4.78, 5) is 3.56. The third kappa shape index (κ3) is 1.87. The fourth-order valence-corrected chi connectivity index (χ4v) is 1.15. The SMILES string of the molecule is NCc1c(Cl)ncc(C(F)F)c1N. The molecule has 0 spiro atoms. The van der Waals surface area contributed by atoms with Crippen LogP contribution in [0, 0.1) is 0 Å². The third-order valence-corrected chi connectivity index (χ3v) is 1.97. The molecule has 0 bridgehead atoms. The number of halogens is 3. The van der Waals surface area contributed by atoms with E-state index >= 15 is 0 Å². The van der Waals surface area contributed by atoms with Gasteiger partial charge < -0.3 is 11.5 Å². The summed E-state index contributed by atoms with van der Waals surface area (Å²) in [5.41, 5.74) is 10.5. The van der Waals surface area contributed by atoms with Gasteiger partial charge in [0.05, 0.1) is 5.56 Å². The highest BCUT2D eigenvalue weighted by Crippen LogP contribution is 2.29. The Morgan fingerprint density at radius 3 is 2.62 bits per heavy atom. The van der Waals surface area contributed by atoms with Crippen LogP contribution in [-0.4, -0.2) is 4.98 Å². The molecule has 0 amide bonds. The van der Waals surface area contributed by atoms with E-state index in [0.29, 0.717) is 0 Å². The molecule has 0 fully saturated rings. The highest BCUT2D eigenvalue weighted by molar-refractivity contribution is 6.30. The van der Waals surface area contributed by atoms with Gasteiger partial charge in [0.2, 0.25) is 0 Å². The summed E-state index contributed by atoms with van der Waals surface area (Å²) in [6, 6.07) is 0. The minimum absolute atomic E-state index is 0.00176. The first-order chi connectivity index (χ1) is 6.07. The summed E-state index contributed by atoms with van der Waals surface area (Å²) in [5, 5.41) is 0.0735. The molecule has 13 heavy (non-hydrogen) atoms. The fourth-order valence-electron chi connectivity index (χ4n) is 0.927. The predicted octanol–water partition coefficient (Wildman–Crippen LogP) is 1.71. The van der Waals surface area contributed by atoms with Gasteiger partial charge >= 0.3 is 0 Å². The first-order valence-electron chi connectivity index (χ1n) is 3.49. The van der Waals surface area contributed by atoms with E-state index in [1.807, 2.05) is 0 Å². The second-order valence-electron chi connectivity index (χ2n) is 2.40. The summed E-state index contributed by atoms with van der Waals surface area (Å²) >= 11 is 5.59. The molecule has 4 N–H and O–H groups in total. The van der Waals surface area contributed by atoms with Gasteiger partial charge in [0.25, 0.3) is 6.43 Å². The van der Waals surface area contributed by atoms with Crippen LogP contribution in [0.3, 0.4) is 0 Å². The molecule has 0 aliphatic heterocycles. The number of aromatic nitrogens is 1. The van der Waals surface area contributed by atoms with Crippen molar-refractivity contribution in [2.45, 2.75) is 13.0 Å². The Labute approximate surface area is 78.7 Å². The second-order valence-corrected chi connectivity index (χ2v) is 2.76. The van der Waals surface area contributed by atoms with Crippen molar-refractivity contribution in [3.8, 4) is 0 Å². The van der Waals surface area contributed by atoms with E-state index in [4.69, 9.17) is 23.1 Å². The zero-order valence-electron chi connectivity index (χ0n) is 6.60. The van der Waals surface area contributed by atoms with Crippen molar-refractivity contribution in [3.05, 3.63) is 22.5 Å². The first-order valence-corrected chi connectivity index (χ1v) is 3.86. The third-order valence-electron chi connectivity index (χ3n) is 1.64. The van der Waals surface area contributed by atoms with Crippen LogP contribution in [-0.2, 0) is 6.54 Å². The maximum absolute atomic E-state index is 12.3. The van der Waals surface area contributed by atoms with Gasteiger partial charge in [-0.2, -0.15) is 0 Å². The molecule has 1 rings (SSSR count). The van der Waals surface area contributed by atoms with E-state index in [0.717, 1.165) is 6.20 Å². The molecule has 1 aromatic rings. The zero-order valence-corrected chi connectivity index (χ0v) is 7.35. The standard InChI is InChI=1S/C7H8ClF2N3/c8-6-3(1-11)5(12)4(2-13-6)7(9)10/h2,7H,1,11H2,(H2,12,13). The number of hydrogen-bond donors (Lipinski definition) is 2. The highest BCUT2D eigenvalue weighted by Gasteiger charge is 2.16. The van der Waals surface area contributed by atoms with Gasteiger partial charge in [-0.25, -0.2) is 13.8 Å². The molecule has 0 saturated heterocycles. The number of pyridine rings is 1. The summed E-state index contributed by atoms with van der Waals surface area (Å²) in [5.74, 6) is 0. The van der Waals surface area contributed by atoms with Crippen LogP contribution in [0.5, 0.6) is 0 Å². The van der Waals surface area contributed by atoms with Crippen molar-refractivity contribution in [3.63, 3.8) is 0 Å². The molecule has 0 radical (unpaired) electrons. The molecule has 0 unspecified atom stereocenters. The number of alkyl halides is 2. The smallest absolute Gasteiger partial charge is 0.267 e. The van der Waals surface area contributed by atoms with E-state index in [1.54, 1.807) is 0 Å². The minimum Gasteiger partial charge on any atom is -0.398 e. The van der Waals surface area contributed by atoms with Gasteiger partial charge in [-0.05, 0) is 0 Å². The van der Waals surface area contributed by atoms with Gasteiger partial charge in [-0.15, -0.1) is 0 Å². The Morgan fingerprint density at radius 2 is 2.15 bits per heavy atom. The van der Waals surface area contributed by atoms with Crippen LogP contribution in [0.1, 0.15) is 17.6 Å². The normalized spacial score (nSPS) is 10.8. The summed E-state index contributed by atoms with van der Waals surface area (Å²) in [6.45, 7) is -0.00176. The number of anilines is 1. The predicted molar refractivity (Wildman–Crippen MR) is 46.5 cm³/mol. The van der Waals surface area contributed by atoms with Crippen molar-refractivity contribution in [2.75, 3.05) is 5.73 Å². The molecule has 72 valence electrons. The maximum atomic E-state index is 12.3. The van der Waals surface area contributed by atoms with Crippen LogP contribution in [0.4, 0.5) is 14.5 Å². The van der Waals surface area contributed by atoms with Crippen LogP contribution < -0.4 is 11.5 Å². The lowest BCUT2D eigenvalue weighted by molar-refractivity contribution is 0.151. The van der Waals surface area contributed by atoms with E-state index in [1.165, 1.54) is 0 Å². The number of rotatable bonds is 2. The highest BCUT2D eigenvalue weighted by atomic mass is 35.5. The Bertz CT molecular complexity index is 317. The largest absolute Gasteiger partial charge is 0.398 e. The fraction of sp³-hybridized carbons (Fsp3) is 0.286. The average molecular weight is 208 g/mol. The molecule has 1 heterocycles. The molecule has 0 aliphatic carbocycles. The van der Waals surface area contributed by atoms with Crippen molar-refractivity contribution >= 4 is 17.3 Å². The van der Waals surface area contributed by atoms with Crippen molar-refractivity contribution in [1.82, 2.24) is 4.98 Å². The molecular formula is C7H8ClF2N3. The molecule has 0 aliphatic rings. The average Bonchev–Trinajstić information content (AvgIpc) is 2.04. The Hall–Kier alpha value is -0.940. The lowest BCUT2D eigenvalue weighted by atomic mass is 10.1. The zero-order chi connectivity index (χ0) is 10.0. The van der Waals surface area contributed by atoms with Crippen LogP contribution in [0.25, 0.3) is 0 Å². The van der Waals surface area contributed by atoms with Crippen molar-refractivity contribution in [2.24, 2.45) is 5.73 Å². The quantitative estimate of drug-likeness (QED) is 0.726. The van der Waals surface area contributed by atoms with E-state index in [9.17, 15) is 8.78 Å².